The molecule has 0 aliphatic carbocycles. The summed E-state index contributed by atoms with van der Waals surface area (Å²) >= 11 is 0. The molecule has 0 fully saturated rings. The van der Waals surface area contributed by atoms with Crippen molar-refractivity contribution in [1.29, 1.82) is 0 Å². The summed E-state index contributed by atoms with van der Waals surface area (Å²) in [7, 11) is 0. The van der Waals surface area contributed by atoms with E-state index in [1.54, 1.807) is 26.0 Å². The molecular weight excluding hydrogens is 338 g/mol. The van der Waals surface area contributed by atoms with E-state index >= 15 is 0 Å². The van der Waals surface area contributed by atoms with E-state index in [4.69, 9.17) is 0 Å². The Kier molecular flexibility index (Phi) is 6.44. The Morgan fingerprint density at radius 3 is 2.08 bits per heavy atom. The lowest BCUT2D eigenvalue weighted by Crippen LogP contribution is -2.47. The minimum Gasteiger partial charge on any atom is -0.340 e. The van der Waals surface area contributed by atoms with Gasteiger partial charge in [0.05, 0.1) is 0 Å². The maximum atomic E-state index is 13.8. The number of rotatable bonds is 6. The molecule has 2 amide bonds. The van der Waals surface area contributed by atoms with E-state index in [2.05, 4.69) is 10.6 Å². The number of carbonyl (C=O) groups excluding carboxylic acids is 2. The number of benzene rings is 2. The topological polar surface area (TPSA) is 58.2 Å². The van der Waals surface area contributed by atoms with Gasteiger partial charge < -0.3 is 10.6 Å². The van der Waals surface area contributed by atoms with E-state index in [9.17, 15) is 18.4 Å². The van der Waals surface area contributed by atoms with Gasteiger partial charge in [-0.15, -0.1) is 0 Å². The standard InChI is InChI=1S/C20H22F2N2O2/c1-4-13-8-10-14(11-9-13)23-20(26)18(12(2)3)24-19(25)17-15(21)6-5-7-16(17)22/h5-12,18H,4H2,1-3H3,(H,23,26)(H,24,25). The van der Waals surface area contributed by atoms with E-state index in [0.717, 1.165) is 24.1 Å². The Morgan fingerprint density at radius 2 is 1.58 bits per heavy atom. The van der Waals surface area contributed by atoms with Gasteiger partial charge in [0.25, 0.3) is 5.91 Å². The summed E-state index contributed by atoms with van der Waals surface area (Å²) in [4.78, 5) is 24.8. The van der Waals surface area contributed by atoms with E-state index in [-0.39, 0.29) is 5.92 Å². The Labute approximate surface area is 151 Å². The molecular formula is C20H22F2N2O2. The van der Waals surface area contributed by atoms with Crippen LogP contribution in [-0.4, -0.2) is 17.9 Å². The third kappa shape index (κ3) is 4.65. The highest BCUT2D eigenvalue weighted by Crippen LogP contribution is 2.15. The first-order chi connectivity index (χ1) is 12.3. The van der Waals surface area contributed by atoms with Gasteiger partial charge in [0, 0.05) is 5.69 Å². The van der Waals surface area contributed by atoms with Gasteiger partial charge in [0.2, 0.25) is 5.91 Å². The molecule has 6 heteroatoms. The van der Waals surface area contributed by atoms with Crippen LogP contribution < -0.4 is 10.6 Å². The molecule has 2 aromatic rings. The lowest BCUT2D eigenvalue weighted by molar-refractivity contribution is -0.118. The molecule has 2 rings (SSSR count). The van der Waals surface area contributed by atoms with Crippen LogP contribution in [0.2, 0.25) is 0 Å². The molecule has 0 saturated carbocycles. The summed E-state index contributed by atoms with van der Waals surface area (Å²) in [5.74, 6) is -3.63. The molecule has 0 bridgehead atoms. The summed E-state index contributed by atoms with van der Waals surface area (Å²) in [5, 5.41) is 5.15. The fourth-order valence-corrected chi connectivity index (χ4v) is 2.51. The molecule has 0 aliphatic rings. The van der Waals surface area contributed by atoms with Gasteiger partial charge in [-0.2, -0.15) is 0 Å². The first-order valence-corrected chi connectivity index (χ1v) is 8.48. The number of hydrogen-bond acceptors (Lipinski definition) is 2. The summed E-state index contributed by atoms with van der Waals surface area (Å²) in [6.45, 7) is 5.50. The second-order valence-corrected chi connectivity index (χ2v) is 6.33. The number of halogens is 2. The third-order valence-corrected chi connectivity index (χ3v) is 4.06. The highest BCUT2D eigenvalue weighted by molar-refractivity contribution is 6.01. The first-order valence-electron chi connectivity index (χ1n) is 8.48. The molecule has 138 valence electrons. The van der Waals surface area contributed by atoms with Gasteiger partial charge in [-0.3, -0.25) is 9.59 Å². The van der Waals surface area contributed by atoms with Gasteiger partial charge in [0.1, 0.15) is 23.2 Å². The molecule has 0 aromatic heterocycles. The summed E-state index contributed by atoms with van der Waals surface area (Å²) < 4.78 is 27.5. The second-order valence-electron chi connectivity index (χ2n) is 6.33. The molecule has 1 unspecified atom stereocenters. The second kappa shape index (κ2) is 8.56. The van der Waals surface area contributed by atoms with Crippen LogP contribution in [0, 0.1) is 17.6 Å². The van der Waals surface area contributed by atoms with Crippen LogP contribution in [-0.2, 0) is 11.2 Å². The Bertz CT molecular complexity index is 769. The average molecular weight is 360 g/mol. The quantitative estimate of drug-likeness (QED) is 0.820. The molecule has 4 nitrogen and oxygen atoms in total. The SMILES string of the molecule is CCc1ccc(NC(=O)C(NC(=O)c2c(F)cccc2F)C(C)C)cc1. The van der Waals surface area contributed by atoms with Crippen molar-refractivity contribution in [2.75, 3.05) is 5.32 Å². The van der Waals surface area contributed by atoms with E-state index in [1.807, 2.05) is 19.1 Å². The van der Waals surface area contributed by atoms with E-state index < -0.39 is 35.1 Å². The molecule has 2 aromatic carbocycles. The zero-order valence-corrected chi connectivity index (χ0v) is 15.0. The zero-order valence-electron chi connectivity index (χ0n) is 15.0. The predicted octanol–water partition coefficient (Wildman–Crippen LogP) is 3.92. The molecule has 0 saturated heterocycles. The lowest BCUT2D eigenvalue weighted by Gasteiger charge is -2.22. The van der Waals surface area contributed by atoms with Crippen molar-refractivity contribution in [3.63, 3.8) is 0 Å². The summed E-state index contributed by atoms with van der Waals surface area (Å²) in [6, 6.07) is 9.57. The predicted molar refractivity (Wildman–Crippen MR) is 96.9 cm³/mol. The van der Waals surface area contributed by atoms with Crippen molar-refractivity contribution in [2.24, 2.45) is 5.92 Å². The van der Waals surface area contributed by atoms with Crippen molar-refractivity contribution >= 4 is 17.5 Å². The summed E-state index contributed by atoms with van der Waals surface area (Å²) in [6.07, 6.45) is 0.882. The fourth-order valence-electron chi connectivity index (χ4n) is 2.51. The monoisotopic (exact) mass is 360 g/mol. The van der Waals surface area contributed by atoms with Gasteiger partial charge >= 0.3 is 0 Å². The Hall–Kier alpha value is -2.76. The van der Waals surface area contributed by atoms with Gasteiger partial charge in [-0.05, 0) is 42.2 Å². The zero-order chi connectivity index (χ0) is 19.3. The number of carbonyl (C=O) groups is 2. The maximum Gasteiger partial charge on any atom is 0.257 e. The largest absolute Gasteiger partial charge is 0.340 e. The normalized spacial score (nSPS) is 11.9. The Morgan fingerprint density at radius 1 is 1.00 bits per heavy atom. The van der Waals surface area contributed by atoms with E-state index in [1.165, 1.54) is 6.07 Å². The van der Waals surface area contributed by atoms with Crippen molar-refractivity contribution < 1.29 is 18.4 Å². The number of nitrogens with one attached hydrogen (secondary N) is 2. The molecule has 0 radical (unpaired) electrons. The highest BCUT2D eigenvalue weighted by atomic mass is 19.1. The lowest BCUT2D eigenvalue weighted by atomic mass is 10.0. The van der Waals surface area contributed by atoms with Crippen LogP contribution >= 0.6 is 0 Å². The van der Waals surface area contributed by atoms with Gasteiger partial charge in [0.15, 0.2) is 0 Å². The van der Waals surface area contributed by atoms with Crippen LogP contribution in [0.4, 0.5) is 14.5 Å². The maximum absolute atomic E-state index is 13.8. The van der Waals surface area contributed by atoms with Crippen molar-refractivity contribution in [3.8, 4) is 0 Å². The fraction of sp³-hybridized carbons (Fsp3) is 0.300. The molecule has 0 aliphatic heterocycles. The van der Waals surface area contributed by atoms with Gasteiger partial charge in [-0.25, -0.2) is 8.78 Å². The van der Waals surface area contributed by atoms with Crippen LogP contribution in [0.5, 0.6) is 0 Å². The molecule has 0 spiro atoms. The molecule has 0 heterocycles. The minimum atomic E-state index is -0.972. The van der Waals surface area contributed by atoms with Crippen molar-refractivity contribution in [3.05, 3.63) is 65.2 Å². The van der Waals surface area contributed by atoms with E-state index in [0.29, 0.717) is 5.69 Å². The molecule has 26 heavy (non-hydrogen) atoms. The first kappa shape index (κ1) is 19.6. The minimum absolute atomic E-state index is 0.274. The average Bonchev–Trinajstić information content (AvgIpc) is 2.59. The number of anilines is 1. The molecule has 2 N–H and O–H groups in total. The van der Waals surface area contributed by atoms with Crippen molar-refractivity contribution in [2.45, 2.75) is 33.2 Å². The van der Waals surface area contributed by atoms with Gasteiger partial charge in [-0.1, -0.05) is 39.0 Å². The highest BCUT2D eigenvalue weighted by Gasteiger charge is 2.27. The number of hydrogen-bond donors (Lipinski definition) is 2. The summed E-state index contributed by atoms with van der Waals surface area (Å²) in [5.41, 5.74) is 1.02. The third-order valence-electron chi connectivity index (χ3n) is 4.06. The van der Waals surface area contributed by atoms with Crippen LogP contribution in [0.1, 0.15) is 36.7 Å². The van der Waals surface area contributed by atoms with Crippen LogP contribution in [0.15, 0.2) is 42.5 Å². The number of amides is 2. The molecule has 1 atom stereocenters. The van der Waals surface area contributed by atoms with Crippen molar-refractivity contribution in [1.82, 2.24) is 5.32 Å². The van der Waals surface area contributed by atoms with Crippen LogP contribution in [0.25, 0.3) is 0 Å². The van der Waals surface area contributed by atoms with Crippen LogP contribution in [0.3, 0.4) is 0 Å². The number of aryl methyl sites for hydroxylation is 1. The smallest absolute Gasteiger partial charge is 0.257 e. The Balaban J connectivity index is 2.14.